The molecular formula is H5FO7SSi. The molecule has 0 saturated carbocycles. The minimum Gasteiger partial charge on any atom is -0.365 e. The van der Waals surface area contributed by atoms with E-state index in [4.69, 9.17) is 31.9 Å². The second-order valence-electron chi connectivity index (χ2n) is 1.00. The van der Waals surface area contributed by atoms with Crippen molar-refractivity contribution in [3.05, 3.63) is 0 Å². The van der Waals surface area contributed by atoms with E-state index < -0.39 is 19.5 Å². The quantitative estimate of drug-likeness (QED) is 0.167. The van der Waals surface area contributed by atoms with Crippen molar-refractivity contribution in [2.75, 3.05) is 0 Å². The summed E-state index contributed by atoms with van der Waals surface area (Å²) in [7, 11) is -9.78. The molecule has 0 unspecified atom stereocenters. The Morgan fingerprint density at radius 3 is 1.10 bits per heavy atom. The SMILES string of the molecule is O=S(=O)(O)O.O[Si](O)(O)F. The van der Waals surface area contributed by atoms with Crippen molar-refractivity contribution >= 4 is 19.5 Å². The minimum atomic E-state index is -5.11. The normalized spacial score (nSPS) is 11.8. The van der Waals surface area contributed by atoms with Gasteiger partial charge in [-0.25, -0.2) is 4.11 Å². The fraction of sp³-hybridized carbons (Fsp3) is 0. The number of hydrogen-bond donors (Lipinski definition) is 5. The van der Waals surface area contributed by atoms with Crippen LogP contribution in [0.2, 0.25) is 0 Å². The fourth-order valence-corrected chi connectivity index (χ4v) is 0. The van der Waals surface area contributed by atoms with Gasteiger partial charge in [0.05, 0.1) is 0 Å². The molecule has 7 nitrogen and oxygen atoms in total. The average molecular weight is 196 g/mol. The second-order valence-corrected chi connectivity index (χ2v) is 3.00. The lowest BCUT2D eigenvalue weighted by molar-refractivity contribution is 0.165. The van der Waals surface area contributed by atoms with Crippen molar-refractivity contribution in [3.8, 4) is 0 Å². The summed E-state index contributed by atoms with van der Waals surface area (Å²) in [6.45, 7) is 0. The van der Waals surface area contributed by atoms with Crippen LogP contribution in [0.4, 0.5) is 4.11 Å². The Morgan fingerprint density at radius 1 is 1.10 bits per heavy atom. The van der Waals surface area contributed by atoms with Gasteiger partial charge >= 0.3 is 19.5 Å². The second kappa shape index (κ2) is 3.92. The summed E-state index contributed by atoms with van der Waals surface area (Å²) in [4.78, 5) is 21.3. The predicted molar refractivity (Wildman–Crippen MR) is 27.7 cm³/mol. The van der Waals surface area contributed by atoms with Crippen LogP contribution in [0.1, 0.15) is 0 Å². The Hall–Kier alpha value is -0.103. The van der Waals surface area contributed by atoms with Gasteiger partial charge in [0, 0.05) is 0 Å². The average Bonchev–Trinajstić information content (AvgIpc) is 1.12. The Bertz CT molecular complexity index is 149. The predicted octanol–water partition coefficient (Wildman–Crippen LogP) is -2.28. The van der Waals surface area contributed by atoms with Crippen molar-refractivity contribution < 1.29 is 36.0 Å². The summed E-state index contributed by atoms with van der Waals surface area (Å²) in [5, 5.41) is 0. The standard InChI is InChI=1S/FH3O3Si.H2O4S/c2*1-5(2,3)4/h2-4H;(H2,1,2,3,4). The van der Waals surface area contributed by atoms with Crippen molar-refractivity contribution in [1.82, 2.24) is 0 Å². The zero-order valence-electron chi connectivity index (χ0n) is 4.34. The lowest BCUT2D eigenvalue weighted by Gasteiger charge is -1.87. The Morgan fingerprint density at radius 2 is 1.10 bits per heavy atom. The van der Waals surface area contributed by atoms with Crippen LogP contribution in [0.5, 0.6) is 0 Å². The maximum absolute atomic E-state index is 10.5. The van der Waals surface area contributed by atoms with Gasteiger partial charge in [0.2, 0.25) is 0 Å². The topological polar surface area (TPSA) is 135 Å². The molecule has 0 heterocycles. The molecule has 10 heteroatoms. The van der Waals surface area contributed by atoms with Gasteiger partial charge in [-0.15, -0.1) is 0 Å². The molecule has 0 fully saturated rings. The first-order valence-electron chi connectivity index (χ1n) is 1.56. The molecule has 0 rings (SSSR count). The van der Waals surface area contributed by atoms with E-state index >= 15 is 0 Å². The van der Waals surface area contributed by atoms with E-state index in [0.29, 0.717) is 0 Å². The molecule has 0 atom stereocenters. The molecule has 5 N–H and O–H groups in total. The Labute approximate surface area is 56.5 Å². The van der Waals surface area contributed by atoms with Gasteiger partial charge in [-0.3, -0.25) is 9.11 Å². The first kappa shape index (κ1) is 12.6. The fourth-order valence-electron chi connectivity index (χ4n) is 0. The molecule has 0 aromatic rings. The molecule has 64 valence electrons. The molecule has 0 aliphatic carbocycles. The van der Waals surface area contributed by atoms with E-state index in [-0.39, 0.29) is 0 Å². The summed E-state index contributed by atoms with van der Waals surface area (Å²) < 4.78 is 42.1. The van der Waals surface area contributed by atoms with Gasteiger partial charge in [0.1, 0.15) is 0 Å². The van der Waals surface area contributed by atoms with Crippen molar-refractivity contribution in [3.63, 3.8) is 0 Å². The molecule has 0 amide bonds. The van der Waals surface area contributed by atoms with Crippen molar-refractivity contribution in [1.29, 1.82) is 0 Å². The highest BCUT2D eigenvalue weighted by Crippen LogP contribution is 1.79. The molecule has 0 aliphatic rings. The zero-order valence-corrected chi connectivity index (χ0v) is 6.16. The van der Waals surface area contributed by atoms with E-state index in [2.05, 4.69) is 0 Å². The summed E-state index contributed by atoms with van der Waals surface area (Å²) in [5.41, 5.74) is 0. The minimum absolute atomic E-state index is 4.67. The number of rotatable bonds is 0. The Balaban J connectivity index is 0. The van der Waals surface area contributed by atoms with Crippen LogP contribution in [-0.4, -0.2) is 41.0 Å². The summed E-state index contributed by atoms with van der Waals surface area (Å²) in [6, 6.07) is 0. The maximum atomic E-state index is 10.5. The van der Waals surface area contributed by atoms with Gasteiger partial charge in [-0.05, 0) is 0 Å². The largest absolute Gasteiger partial charge is 0.711 e. The maximum Gasteiger partial charge on any atom is 0.711 e. The van der Waals surface area contributed by atoms with E-state index in [1.54, 1.807) is 0 Å². The molecule has 0 bridgehead atoms. The van der Waals surface area contributed by atoms with Gasteiger partial charge in [-0.2, -0.15) is 8.42 Å². The summed E-state index contributed by atoms with van der Waals surface area (Å²) in [5.74, 6) is 0. The smallest absolute Gasteiger partial charge is 0.365 e. The monoisotopic (exact) mass is 196 g/mol. The van der Waals surface area contributed by atoms with Gasteiger partial charge in [0.15, 0.2) is 0 Å². The van der Waals surface area contributed by atoms with Crippen LogP contribution < -0.4 is 0 Å². The molecule has 0 saturated heterocycles. The van der Waals surface area contributed by atoms with Gasteiger partial charge in [-0.1, -0.05) is 0 Å². The summed E-state index contributed by atoms with van der Waals surface area (Å²) in [6.07, 6.45) is 0. The molecule has 10 heavy (non-hydrogen) atoms. The molecule has 0 aromatic heterocycles. The Kier molecular flexibility index (Phi) is 4.92. The lowest BCUT2D eigenvalue weighted by Crippen LogP contribution is -2.27. The van der Waals surface area contributed by atoms with Crippen molar-refractivity contribution in [2.24, 2.45) is 0 Å². The van der Waals surface area contributed by atoms with Crippen LogP contribution in [-0.2, 0) is 10.4 Å². The van der Waals surface area contributed by atoms with Crippen LogP contribution >= 0.6 is 0 Å². The van der Waals surface area contributed by atoms with Crippen LogP contribution in [0, 0.1) is 0 Å². The first-order chi connectivity index (χ1) is 4.00. The van der Waals surface area contributed by atoms with E-state index in [1.807, 2.05) is 0 Å². The summed E-state index contributed by atoms with van der Waals surface area (Å²) >= 11 is 0. The molecule has 0 radical (unpaired) electrons. The lowest BCUT2D eigenvalue weighted by atomic mass is 15.8. The number of halogens is 1. The first-order valence-corrected chi connectivity index (χ1v) is 4.67. The van der Waals surface area contributed by atoms with Crippen LogP contribution in [0.3, 0.4) is 0 Å². The third kappa shape index (κ3) is 35300. The zero-order chi connectivity index (χ0) is 9.00. The van der Waals surface area contributed by atoms with Gasteiger partial charge < -0.3 is 14.4 Å². The van der Waals surface area contributed by atoms with Crippen molar-refractivity contribution in [2.45, 2.75) is 0 Å². The van der Waals surface area contributed by atoms with Crippen LogP contribution in [0.25, 0.3) is 0 Å². The van der Waals surface area contributed by atoms with E-state index in [1.165, 1.54) is 0 Å². The molecule has 0 aromatic carbocycles. The van der Waals surface area contributed by atoms with Gasteiger partial charge in [0.25, 0.3) is 0 Å². The van der Waals surface area contributed by atoms with Crippen LogP contribution in [0.15, 0.2) is 0 Å². The third-order valence-corrected chi connectivity index (χ3v) is 0. The van der Waals surface area contributed by atoms with E-state index in [9.17, 15) is 4.11 Å². The molecular weight excluding hydrogens is 191 g/mol. The molecule has 0 aliphatic heterocycles. The van der Waals surface area contributed by atoms with E-state index in [0.717, 1.165) is 0 Å². The highest BCUT2D eigenvalue weighted by molar-refractivity contribution is 7.79. The highest BCUT2D eigenvalue weighted by Gasteiger charge is 2.26. The molecule has 0 spiro atoms. The highest BCUT2D eigenvalue weighted by atomic mass is 32.3. The third-order valence-electron chi connectivity index (χ3n) is 0. The number of hydrogen-bond acceptors (Lipinski definition) is 5.